The molecule has 3 amide bonds. The SMILES string of the molecule is O=C1N(c2ccc(SC(F)(F)F)cc2)C(=O)C2(CC2)N1Cc1ccnc(-c2cccc(Cl)c2)c1. The molecule has 1 saturated carbocycles. The van der Waals surface area contributed by atoms with E-state index in [0.717, 1.165) is 16.0 Å². The molecular formula is C24H17ClF3N3O2S. The second kappa shape index (κ2) is 8.32. The van der Waals surface area contributed by atoms with Gasteiger partial charge in [-0.1, -0.05) is 23.7 Å². The minimum Gasteiger partial charge on any atom is -0.305 e. The average Bonchev–Trinajstić information content (AvgIpc) is 3.56. The topological polar surface area (TPSA) is 53.5 Å². The van der Waals surface area contributed by atoms with E-state index in [1.165, 1.54) is 24.3 Å². The van der Waals surface area contributed by atoms with Crippen molar-refractivity contribution in [2.24, 2.45) is 0 Å². The number of nitrogens with zero attached hydrogens (tertiary/aromatic N) is 3. The Morgan fingerprint density at radius 1 is 1.03 bits per heavy atom. The number of benzene rings is 2. The van der Waals surface area contributed by atoms with Gasteiger partial charge in [-0.2, -0.15) is 13.2 Å². The molecule has 2 fully saturated rings. The van der Waals surface area contributed by atoms with Crippen LogP contribution in [0, 0.1) is 0 Å². The van der Waals surface area contributed by atoms with E-state index in [4.69, 9.17) is 11.6 Å². The van der Waals surface area contributed by atoms with Crippen molar-refractivity contribution in [2.75, 3.05) is 4.90 Å². The maximum absolute atomic E-state index is 13.3. The number of thioether (sulfide) groups is 1. The molecule has 0 atom stereocenters. The van der Waals surface area contributed by atoms with Gasteiger partial charge in [-0.25, -0.2) is 9.69 Å². The highest BCUT2D eigenvalue weighted by molar-refractivity contribution is 8.00. The van der Waals surface area contributed by atoms with Crippen molar-refractivity contribution in [3.63, 3.8) is 0 Å². The Morgan fingerprint density at radius 3 is 2.41 bits per heavy atom. The van der Waals surface area contributed by atoms with Crippen LogP contribution < -0.4 is 4.90 Å². The first kappa shape index (κ1) is 22.7. The van der Waals surface area contributed by atoms with Crippen molar-refractivity contribution in [3.8, 4) is 11.3 Å². The van der Waals surface area contributed by atoms with Crippen LogP contribution in [0.15, 0.2) is 71.8 Å². The molecule has 1 saturated heterocycles. The standard InChI is InChI=1S/C24H17ClF3N3O2S/c25-17-3-1-2-16(13-17)20-12-15(8-11-29-20)14-30-22(33)31(21(32)23(30)9-10-23)18-4-6-19(7-5-18)34-24(26,27)28/h1-8,11-13H,9-10,14H2. The Kier molecular flexibility index (Phi) is 5.56. The fourth-order valence-corrected chi connectivity index (χ4v) is 4.85. The van der Waals surface area contributed by atoms with Gasteiger partial charge in [0, 0.05) is 28.2 Å². The quantitative estimate of drug-likeness (QED) is 0.294. The van der Waals surface area contributed by atoms with Gasteiger partial charge in [-0.05, 0) is 78.7 Å². The zero-order chi connectivity index (χ0) is 24.1. The van der Waals surface area contributed by atoms with Crippen molar-refractivity contribution in [1.82, 2.24) is 9.88 Å². The number of hydrogen-bond donors (Lipinski definition) is 0. The molecule has 3 aromatic rings. The summed E-state index contributed by atoms with van der Waals surface area (Å²) < 4.78 is 37.9. The normalized spacial score (nSPS) is 17.1. The number of alkyl halides is 3. The van der Waals surface area contributed by atoms with Gasteiger partial charge in [0.25, 0.3) is 5.91 Å². The lowest BCUT2D eigenvalue weighted by molar-refractivity contribution is -0.120. The number of amides is 3. The number of carbonyl (C=O) groups excluding carboxylic acids is 2. The van der Waals surface area contributed by atoms with Crippen LogP contribution in [-0.2, 0) is 11.3 Å². The molecule has 2 heterocycles. The van der Waals surface area contributed by atoms with Gasteiger partial charge in [-0.15, -0.1) is 0 Å². The maximum atomic E-state index is 13.3. The summed E-state index contributed by atoms with van der Waals surface area (Å²) in [6, 6.07) is 15.7. The van der Waals surface area contributed by atoms with Gasteiger partial charge in [0.05, 0.1) is 11.4 Å². The molecule has 0 radical (unpaired) electrons. The van der Waals surface area contributed by atoms with Crippen molar-refractivity contribution in [3.05, 3.63) is 77.4 Å². The van der Waals surface area contributed by atoms with Gasteiger partial charge in [0.2, 0.25) is 0 Å². The van der Waals surface area contributed by atoms with Crippen molar-refractivity contribution >= 4 is 41.0 Å². The fraction of sp³-hybridized carbons (Fsp3) is 0.208. The Balaban J connectivity index is 1.39. The number of urea groups is 1. The van der Waals surface area contributed by atoms with E-state index < -0.39 is 17.1 Å². The van der Waals surface area contributed by atoms with Gasteiger partial charge in [0.15, 0.2) is 0 Å². The molecule has 1 aromatic heterocycles. The number of hydrogen-bond acceptors (Lipinski definition) is 4. The highest BCUT2D eigenvalue weighted by atomic mass is 35.5. The summed E-state index contributed by atoms with van der Waals surface area (Å²) in [4.78, 5) is 33.5. The van der Waals surface area contributed by atoms with Gasteiger partial charge in [-0.3, -0.25) is 9.78 Å². The highest BCUT2D eigenvalue weighted by Crippen LogP contribution is 2.50. The number of imide groups is 1. The number of pyridine rings is 1. The first-order valence-electron chi connectivity index (χ1n) is 10.4. The van der Waals surface area contributed by atoms with E-state index in [9.17, 15) is 22.8 Å². The van der Waals surface area contributed by atoms with Crippen molar-refractivity contribution in [1.29, 1.82) is 0 Å². The molecular weight excluding hydrogens is 487 g/mol. The molecule has 5 rings (SSSR count). The predicted molar refractivity (Wildman–Crippen MR) is 123 cm³/mol. The maximum Gasteiger partial charge on any atom is 0.446 e. The molecule has 1 aliphatic heterocycles. The van der Waals surface area contributed by atoms with Crippen LogP contribution >= 0.6 is 23.4 Å². The molecule has 2 aromatic carbocycles. The molecule has 10 heteroatoms. The van der Waals surface area contributed by atoms with Gasteiger partial charge >= 0.3 is 11.5 Å². The van der Waals surface area contributed by atoms with E-state index in [1.54, 1.807) is 29.3 Å². The number of carbonyl (C=O) groups is 2. The number of anilines is 1. The molecule has 0 bridgehead atoms. The molecule has 2 aliphatic rings. The molecule has 5 nitrogen and oxygen atoms in total. The zero-order valence-corrected chi connectivity index (χ0v) is 19.1. The summed E-state index contributed by atoms with van der Waals surface area (Å²) >= 11 is 5.84. The second-order valence-corrected chi connectivity index (χ2v) is 9.72. The minimum atomic E-state index is -4.41. The van der Waals surface area contributed by atoms with E-state index in [-0.39, 0.29) is 34.8 Å². The van der Waals surface area contributed by atoms with E-state index in [2.05, 4.69) is 4.98 Å². The van der Waals surface area contributed by atoms with Gasteiger partial charge in [0.1, 0.15) is 5.54 Å². The molecule has 174 valence electrons. The zero-order valence-electron chi connectivity index (χ0n) is 17.6. The summed E-state index contributed by atoms with van der Waals surface area (Å²) in [5.41, 5.74) is -2.74. The summed E-state index contributed by atoms with van der Waals surface area (Å²) in [7, 11) is 0. The number of halogens is 4. The third-order valence-corrected chi connectivity index (χ3v) is 6.85. The molecule has 0 N–H and O–H groups in total. The third kappa shape index (κ3) is 4.25. The van der Waals surface area contributed by atoms with Gasteiger partial charge < -0.3 is 4.90 Å². The molecule has 1 aliphatic carbocycles. The molecule has 1 spiro atoms. The van der Waals surface area contributed by atoms with Crippen molar-refractivity contribution in [2.45, 2.75) is 35.3 Å². The second-order valence-electron chi connectivity index (χ2n) is 8.14. The lowest BCUT2D eigenvalue weighted by Gasteiger charge is -2.21. The Morgan fingerprint density at radius 2 is 1.76 bits per heavy atom. The first-order valence-corrected chi connectivity index (χ1v) is 11.6. The Bertz CT molecular complexity index is 1280. The van der Waals surface area contributed by atoms with E-state index in [1.807, 2.05) is 18.2 Å². The van der Waals surface area contributed by atoms with Crippen LogP contribution in [0.3, 0.4) is 0 Å². The lowest BCUT2D eigenvalue weighted by atomic mass is 10.1. The van der Waals surface area contributed by atoms with E-state index >= 15 is 0 Å². The Labute approximate surface area is 202 Å². The lowest BCUT2D eigenvalue weighted by Crippen LogP contribution is -2.36. The predicted octanol–water partition coefficient (Wildman–Crippen LogP) is 6.52. The van der Waals surface area contributed by atoms with Crippen LogP contribution in [0.5, 0.6) is 0 Å². The summed E-state index contributed by atoms with van der Waals surface area (Å²) in [5, 5.41) is 0.581. The van der Waals surface area contributed by atoms with E-state index in [0.29, 0.717) is 23.6 Å². The summed E-state index contributed by atoms with van der Waals surface area (Å²) in [5.74, 6) is -0.349. The number of aromatic nitrogens is 1. The van der Waals surface area contributed by atoms with Crippen LogP contribution in [0.2, 0.25) is 5.02 Å². The third-order valence-electron chi connectivity index (χ3n) is 5.88. The smallest absolute Gasteiger partial charge is 0.305 e. The molecule has 0 unspecified atom stereocenters. The monoisotopic (exact) mass is 503 g/mol. The number of rotatable bonds is 5. The van der Waals surface area contributed by atoms with Crippen LogP contribution in [-0.4, -0.2) is 32.9 Å². The molecule has 34 heavy (non-hydrogen) atoms. The Hall–Kier alpha value is -3.04. The largest absolute Gasteiger partial charge is 0.446 e. The van der Waals surface area contributed by atoms with Crippen LogP contribution in [0.25, 0.3) is 11.3 Å². The van der Waals surface area contributed by atoms with Crippen molar-refractivity contribution < 1.29 is 22.8 Å². The average molecular weight is 504 g/mol. The highest BCUT2D eigenvalue weighted by Gasteiger charge is 2.65. The fourth-order valence-electron chi connectivity index (χ4n) is 4.12. The van der Waals surface area contributed by atoms with Crippen LogP contribution in [0.4, 0.5) is 23.7 Å². The first-order chi connectivity index (χ1) is 16.2. The summed E-state index contributed by atoms with van der Waals surface area (Å²) in [6.45, 7) is 0.208. The summed E-state index contributed by atoms with van der Waals surface area (Å²) in [6.07, 6.45) is 2.73. The minimum absolute atomic E-state index is 0.0151. The van der Waals surface area contributed by atoms with Crippen LogP contribution in [0.1, 0.15) is 18.4 Å².